The van der Waals surface area contributed by atoms with Crippen molar-refractivity contribution >= 4 is 141 Å². The first kappa shape index (κ1) is 41.6. The molecule has 0 fully saturated rings. The van der Waals surface area contributed by atoms with Gasteiger partial charge in [0.1, 0.15) is 0 Å². The number of benzene rings is 13. The molecule has 0 atom stereocenters. The average Bonchev–Trinajstić information content (AvgIpc) is 4.28. The van der Waals surface area contributed by atoms with E-state index >= 15 is 0 Å². The van der Waals surface area contributed by atoms with Crippen LogP contribution in [0.2, 0.25) is 0 Å². The Bertz CT molecular complexity index is 5550. The molecule has 0 amide bonds. The Morgan fingerprint density at radius 1 is 0.247 bits per heavy atom. The lowest BCUT2D eigenvalue weighted by Gasteiger charge is -2.19. The predicted molar refractivity (Wildman–Crippen MR) is 330 cm³/mol. The molecule has 358 valence electrons. The summed E-state index contributed by atoms with van der Waals surface area (Å²) in [5, 5.41) is 22.8. The van der Waals surface area contributed by atoms with Crippen LogP contribution in [0.3, 0.4) is 0 Å². The van der Waals surface area contributed by atoms with E-state index in [0.717, 1.165) is 0 Å². The lowest BCUT2D eigenvalue weighted by Crippen LogP contribution is -2.10. The SMILES string of the molecule is CC(C)(C)c1ccc(-c2cc3c4cc5ccccc5cc4n4c5cc6ccc(-c7ccc8cc9c(cc8c7)c7cc(-n8c%10ccccc%10c%10ccccc%108)cc8c%10cc%11ccccc%11cc%10n9c87)cc6cc5c(c2)c34)cc1. The first-order valence-corrected chi connectivity index (χ1v) is 27.0. The van der Waals surface area contributed by atoms with E-state index in [1.54, 1.807) is 0 Å². The monoisotopic (exact) mass is 977 g/mol. The van der Waals surface area contributed by atoms with Gasteiger partial charge in [0.05, 0.1) is 44.1 Å². The zero-order chi connectivity index (χ0) is 50.6. The fourth-order valence-electron chi connectivity index (χ4n) is 13.9. The summed E-state index contributed by atoms with van der Waals surface area (Å²) in [6.07, 6.45) is 0. The van der Waals surface area contributed by atoms with Gasteiger partial charge in [-0.05, 0) is 173 Å². The van der Waals surface area contributed by atoms with Crippen molar-refractivity contribution in [3.05, 3.63) is 236 Å². The highest BCUT2D eigenvalue weighted by atomic mass is 15.0. The number of hydrogen-bond donors (Lipinski definition) is 0. The standard InChI is InChI=1S/C74H47N3/c1-74(2,3)54-26-24-42(25-27-54)53-34-62-58-30-43-12-4-6-14-45(43)36-68(58)76-70-38-49-22-20-47(28-51(49)32-60(70)63(35-53)72(62)76)48-21-23-50-39-71-61(33-52(50)29-48)65-41-55(75-66-18-10-8-16-56(66)57-17-9-11-19-67(57)75)40-64-59-31-44-13-5-7-15-46(44)37-69(59)77(71)73(64)65/h4-41H,1-3H3. The predicted octanol–water partition coefficient (Wildman–Crippen LogP) is 20.3. The zero-order valence-electron chi connectivity index (χ0n) is 42.8. The molecule has 18 rings (SSSR count). The molecule has 0 unspecified atom stereocenters. The third-order valence-electron chi connectivity index (χ3n) is 17.7. The lowest BCUT2D eigenvalue weighted by atomic mass is 9.86. The number of rotatable bonds is 3. The maximum Gasteiger partial charge on any atom is 0.0622 e. The molecule has 0 aliphatic carbocycles. The Kier molecular flexibility index (Phi) is 7.88. The molecule has 77 heavy (non-hydrogen) atoms. The number of nitrogens with zero attached hydrogens (tertiary/aromatic N) is 3. The minimum Gasteiger partial charge on any atom is -0.309 e. The first-order chi connectivity index (χ1) is 37.8. The Morgan fingerprint density at radius 2 is 0.610 bits per heavy atom. The Balaban J connectivity index is 0.838. The molecule has 0 N–H and O–H groups in total. The van der Waals surface area contributed by atoms with Gasteiger partial charge < -0.3 is 13.4 Å². The van der Waals surface area contributed by atoms with Gasteiger partial charge in [0, 0.05) is 59.5 Å². The molecule has 5 aromatic heterocycles. The van der Waals surface area contributed by atoms with Crippen LogP contribution in [-0.4, -0.2) is 13.4 Å². The molecular weight excluding hydrogens is 931 g/mol. The van der Waals surface area contributed by atoms with Gasteiger partial charge in [-0.1, -0.05) is 154 Å². The first-order valence-electron chi connectivity index (χ1n) is 27.0. The van der Waals surface area contributed by atoms with E-state index in [1.165, 1.54) is 175 Å². The van der Waals surface area contributed by atoms with Gasteiger partial charge in [0.2, 0.25) is 0 Å². The van der Waals surface area contributed by atoms with Crippen molar-refractivity contribution in [2.75, 3.05) is 0 Å². The average molecular weight is 978 g/mol. The summed E-state index contributed by atoms with van der Waals surface area (Å²) >= 11 is 0. The number of para-hydroxylation sites is 2. The topological polar surface area (TPSA) is 13.8 Å². The van der Waals surface area contributed by atoms with E-state index < -0.39 is 0 Å². The molecule has 0 spiro atoms. The third-order valence-corrected chi connectivity index (χ3v) is 17.7. The van der Waals surface area contributed by atoms with Crippen LogP contribution in [0, 0.1) is 0 Å². The van der Waals surface area contributed by atoms with E-state index in [2.05, 4.69) is 265 Å². The smallest absolute Gasteiger partial charge is 0.0622 e. The minimum atomic E-state index is 0.0890. The molecule has 0 aliphatic rings. The molecule has 0 aliphatic heterocycles. The third kappa shape index (κ3) is 5.65. The van der Waals surface area contributed by atoms with Gasteiger partial charge in [-0.25, -0.2) is 0 Å². The second-order valence-electron chi connectivity index (χ2n) is 23.0. The summed E-state index contributed by atoms with van der Waals surface area (Å²) in [7, 11) is 0. The van der Waals surface area contributed by atoms with Crippen LogP contribution in [0.5, 0.6) is 0 Å². The van der Waals surface area contributed by atoms with E-state index in [-0.39, 0.29) is 5.41 Å². The Morgan fingerprint density at radius 3 is 1.05 bits per heavy atom. The van der Waals surface area contributed by atoms with E-state index in [9.17, 15) is 0 Å². The van der Waals surface area contributed by atoms with Gasteiger partial charge in [-0.2, -0.15) is 0 Å². The molecule has 18 aromatic rings. The summed E-state index contributed by atoms with van der Waals surface area (Å²) in [6.45, 7) is 6.86. The van der Waals surface area contributed by atoms with E-state index in [1.807, 2.05) is 0 Å². The van der Waals surface area contributed by atoms with Gasteiger partial charge in [0.15, 0.2) is 0 Å². The summed E-state index contributed by atoms with van der Waals surface area (Å²) in [4.78, 5) is 0. The van der Waals surface area contributed by atoms with Crippen molar-refractivity contribution in [1.29, 1.82) is 0 Å². The van der Waals surface area contributed by atoms with Crippen LogP contribution < -0.4 is 0 Å². The van der Waals surface area contributed by atoms with Crippen LogP contribution in [0.15, 0.2) is 231 Å². The zero-order valence-corrected chi connectivity index (χ0v) is 42.8. The molecule has 0 saturated carbocycles. The van der Waals surface area contributed by atoms with Crippen molar-refractivity contribution in [2.24, 2.45) is 0 Å². The highest BCUT2D eigenvalue weighted by Gasteiger charge is 2.24. The maximum absolute atomic E-state index is 2.54. The quantitative estimate of drug-likeness (QED) is 0.167. The van der Waals surface area contributed by atoms with Crippen LogP contribution >= 0.6 is 0 Å². The molecule has 5 heterocycles. The second-order valence-corrected chi connectivity index (χ2v) is 23.0. The van der Waals surface area contributed by atoms with Gasteiger partial charge in [-0.3, -0.25) is 0 Å². The normalized spacial score (nSPS) is 12.9. The highest BCUT2D eigenvalue weighted by Crippen LogP contribution is 2.47. The van der Waals surface area contributed by atoms with E-state index in [0.29, 0.717) is 0 Å². The highest BCUT2D eigenvalue weighted by molar-refractivity contribution is 6.29. The van der Waals surface area contributed by atoms with Crippen LogP contribution in [0.4, 0.5) is 0 Å². The van der Waals surface area contributed by atoms with Crippen LogP contribution in [-0.2, 0) is 5.41 Å². The maximum atomic E-state index is 2.54. The van der Waals surface area contributed by atoms with Crippen LogP contribution in [0.25, 0.3) is 169 Å². The van der Waals surface area contributed by atoms with Gasteiger partial charge in [-0.15, -0.1) is 0 Å². The van der Waals surface area contributed by atoms with Crippen molar-refractivity contribution in [1.82, 2.24) is 13.4 Å². The fourth-order valence-corrected chi connectivity index (χ4v) is 13.9. The molecule has 13 aromatic carbocycles. The Hall–Kier alpha value is -9.70. The van der Waals surface area contributed by atoms with Crippen molar-refractivity contribution in [3.63, 3.8) is 0 Å². The summed E-state index contributed by atoms with van der Waals surface area (Å²) in [5.41, 5.74) is 17.5. The van der Waals surface area contributed by atoms with Crippen molar-refractivity contribution < 1.29 is 0 Å². The minimum absolute atomic E-state index is 0.0890. The largest absolute Gasteiger partial charge is 0.309 e. The van der Waals surface area contributed by atoms with E-state index in [4.69, 9.17) is 0 Å². The summed E-state index contributed by atoms with van der Waals surface area (Å²) < 4.78 is 7.56. The van der Waals surface area contributed by atoms with Crippen molar-refractivity contribution in [3.8, 4) is 27.9 Å². The molecular formula is C74H47N3. The van der Waals surface area contributed by atoms with Crippen molar-refractivity contribution in [2.45, 2.75) is 26.2 Å². The lowest BCUT2D eigenvalue weighted by molar-refractivity contribution is 0.590. The molecule has 0 saturated heterocycles. The molecule has 0 radical (unpaired) electrons. The van der Waals surface area contributed by atoms with Gasteiger partial charge >= 0.3 is 0 Å². The second kappa shape index (κ2) is 14.6. The fraction of sp³-hybridized carbons (Fsp3) is 0.0541. The molecule has 3 nitrogen and oxygen atoms in total. The number of fused-ring (bicyclic) bond motifs is 19. The molecule has 0 bridgehead atoms. The molecule has 3 heteroatoms. The summed E-state index contributed by atoms with van der Waals surface area (Å²) in [5.74, 6) is 0. The number of aromatic nitrogens is 3. The van der Waals surface area contributed by atoms with Crippen LogP contribution in [0.1, 0.15) is 26.3 Å². The Labute approximate surface area is 442 Å². The number of hydrogen-bond acceptors (Lipinski definition) is 0. The van der Waals surface area contributed by atoms with Gasteiger partial charge in [0.25, 0.3) is 0 Å². The summed E-state index contributed by atoms with van der Waals surface area (Å²) in [6, 6.07) is 87.8.